The van der Waals surface area contributed by atoms with Gasteiger partial charge >= 0.3 is 0 Å². The molecule has 0 unspecified atom stereocenters. The van der Waals surface area contributed by atoms with Crippen molar-refractivity contribution in [3.63, 3.8) is 0 Å². The molecule has 0 spiro atoms. The van der Waals surface area contributed by atoms with E-state index in [0.29, 0.717) is 5.16 Å². The van der Waals surface area contributed by atoms with Gasteiger partial charge in [-0.05, 0) is 56.3 Å². The highest BCUT2D eigenvalue weighted by Gasteiger charge is 2.18. The fourth-order valence-corrected chi connectivity index (χ4v) is 4.06. The molecule has 1 aliphatic rings. The fourth-order valence-electron chi connectivity index (χ4n) is 3.31. The van der Waals surface area contributed by atoms with Gasteiger partial charge in [-0.3, -0.25) is 9.89 Å². The van der Waals surface area contributed by atoms with Crippen molar-refractivity contribution in [3.8, 4) is 0 Å². The van der Waals surface area contributed by atoms with E-state index in [-0.39, 0.29) is 5.91 Å². The topological polar surface area (TPSA) is 98.8 Å². The van der Waals surface area contributed by atoms with Gasteiger partial charge in [0.25, 0.3) is 0 Å². The third-order valence-electron chi connectivity index (χ3n) is 4.79. The highest BCUT2D eigenvalue weighted by molar-refractivity contribution is 7.99. The third kappa shape index (κ3) is 5.24. The predicted octanol–water partition coefficient (Wildman–Crippen LogP) is 4.44. The third-order valence-corrected chi connectivity index (χ3v) is 5.67. The van der Waals surface area contributed by atoms with E-state index in [1.807, 2.05) is 44.2 Å². The van der Waals surface area contributed by atoms with Crippen LogP contribution in [0, 0.1) is 13.8 Å². The number of carbonyl (C=O) groups excluding carboxylic acids is 1. The number of carbonyl (C=O) groups is 1. The summed E-state index contributed by atoms with van der Waals surface area (Å²) in [5.74, 6) is 2.29. The Bertz CT molecular complexity index is 1110. The first-order valence-corrected chi connectivity index (χ1v) is 10.9. The summed E-state index contributed by atoms with van der Waals surface area (Å²) in [4.78, 5) is 24.1. The van der Waals surface area contributed by atoms with Crippen LogP contribution in [0.1, 0.15) is 24.6 Å². The number of rotatable bonds is 6. The lowest BCUT2D eigenvalue weighted by atomic mass is 10.2. The number of anilines is 4. The first-order valence-electron chi connectivity index (χ1n) is 10.1. The second-order valence-corrected chi connectivity index (χ2v) is 8.42. The van der Waals surface area contributed by atoms with Crippen molar-refractivity contribution in [3.05, 3.63) is 53.7 Å². The summed E-state index contributed by atoms with van der Waals surface area (Å²) >= 11 is 1.48. The number of H-pyrrole nitrogens is 1. The molecule has 31 heavy (non-hydrogen) atoms. The van der Waals surface area contributed by atoms with Crippen molar-refractivity contribution in [2.75, 3.05) is 28.6 Å². The average molecular weight is 436 g/mol. The van der Waals surface area contributed by atoms with Crippen LogP contribution in [0.2, 0.25) is 0 Å². The summed E-state index contributed by atoms with van der Waals surface area (Å²) in [7, 11) is 0. The Kier molecular flexibility index (Phi) is 6.22. The Hall–Kier alpha value is -3.33. The summed E-state index contributed by atoms with van der Waals surface area (Å²) in [6.45, 7) is 7.24. The maximum Gasteiger partial charge on any atom is 0.221 e. The lowest BCUT2D eigenvalue weighted by molar-refractivity contribution is -0.114. The van der Waals surface area contributed by atoms with Crippen LogP contribution in [-0.4, -0.2) is 39.2 Å². The minimum absolute atomic E-state index is 0.0909. The van der Waals surface area contributed by atoms with Crippen molar-refractivity contribution in [1.29, 1.82) is 0 Å². The Balaban J connectivity index is 1.64. The van der Waals surface area contributed by atoms with Crippen LogP contribution in [0.25, 0.3) is 0 Å². The maximum atomic E-state index is 11.2. The van der Waals surface area contributed by atoms with Gasteiger partial charge in [-0.2, -0.15) is 5.10 Å². The Morgan fingerprint density at radius 3 is 2.61 bits per heavy atom. The second-order valence-electron chi connectivity index (χ2n) is 7.38. The van der Waals surface area contributed by atoms with E-state index >= 15 is 0 Å². The van der Waals surface area contributed by atoms with Crippen molar-refractivity contribution >= 4 is 40.8 Å². The first-order chi connectivity index (χ1) is 15.0. The average Bonchev–Trinajstić information content (AvgIpc) is 3.16. The summed E-state index contributed by atoms with van der Waals surface area (Å²) in [6.07, 6.45) is 5.37. The lowest BCUT2D eigenvalue weighted by Crippen LogP contribution is -2.29. The monoisotopic (exact) mass is 435 g/mol. The second kappa shape index (κ2) is 9.22. The molecule has 1 aliphatic heterocycles. The Morgan fingerprint density at radius 1 is 1.16 bits per heavy atom. The summed E-state index contributed by atoms with van der Waals surface area (Å²) < 4.78 is 0. The Labute approximate surface area is 185 Å². The molecular weight excluding hydrogens is 410 g/mol. The Morgan fingerprint density at radius 2 is 1.97 bits per heavy atom. The van der Waals surface area contributed by atoms with Gasteiger partial charge in [0, 0.05) is 47.9 Å². The van der Waals surface area contributed by atoms with E-state index < -0.39 is 0 Å². The van der Waals surface area contributed by atoms with Gasteiger partial charge in [-0.15, -0.1) is 0 Å². The van der Waals surface area contributed by atoms with Gasteiger partial charge in [0.2, 0.25) is 5.91 Å². The molecule has 0 radical (unpaired) electrons. The molecule has 0 bridgehead atoms. The van der Waals surface area contributed by atoms with Crippen molar-refractivity contribution < 1.29 is 4.79 Å². The quantitative estimate of drug-likeness (QED) is 0.389. The molecule has 1 amide bonds. The van der Waals surface area contributed by atoms with Gasteiger partial charge in [0.05, 0.1) is 0 Å². The lowest BCUT2D eigenvalue weighted by Gasteiger charge is -2.27. The molecule has 3 aromatic rings. The van der Waals surface area contributed by atoms with E-state index in [1.54, 1.807) is 0 Å². The van der Waals surface area contributed by atoms with Crippen LogP contribution in [0.3, 0.4) is 0 Å². The number of benzene rings is 1. The van der Waals surface area contributed by atoms with Crippen molar-refractivity contribution in [2.45, 2.75) is 37.2 Å². The molecule has 1 aromatic carbocycles. The normalized spacial score (nSPS) is 13.3. The van der Waals surface area contributed by atoms with Gasteiger partial charge in [0.15, 0.2) is 11.0 Å². The molecule has 2 aromatic heterocycles. The number of hydrogen-bond donors (Lipinski definition) is 3. The molecule has 160 valence electrons. The van der Waals surface area contributed by atoms with Gasteiger partial charge in [0.1, 0.15) is 11.6 Å². The van der Waals surface area contributed by atoms with Crippen LogP contribution < -0.4 is 15.5 Å². The SMILES string of the molecule is CC(=O)Nc1ccc(Sc2nc(Nc3cc(C)[nH]n3)c(C)c(N3CC=CCC3)n2)cc1. The molecule has 0 atom stereocenters. The molecule has 0 aliphatic carbocycles. The number of aromatic amines is 1. The minimum atomic E-state index is -0.0909. The largest absolute Gasteiger partial charge is 0.352 e. The van der Waals surface area contributed by atoms with E-state index in [1.165, 1.54) is 18.7 Å². The van der Waals surface area contributed by atoms with Gasteiger partial charge < -0.3 is 15.5 Å². The molecule has 4 rings (SSSR count). The number of aromatic nitrogens is 4. The van der Waals surface area contributed by atoms with Crippen LogP contribution in [0.15, 0.2) is 52.5 Å². The first kappa shape index (κ1) is 20.9. The molecule has 3 heterocycles. The van der Waals surface area contributed by atoms with Crippen LogP contribution in [-0.2, 0) is 4.79 Å². The minimum Gasteiger partial charge on any atom is -0.352 e. The highest BCUT2D eigenvalue weighted by Crippen LogP contribution is 2.33. The summed E-state index contributed by atoms with van der Waals surface area (Å²) in [5.41, 5.74) is 2.73. The molecule has 9 heteroatoms. The fraction of sp³-hybridized carbons (Fsp3) is 0.273. The zero-order chi connectivity index (χ0) is 21.8. The zero-order valence-electron chi connectivity index (χ0n) is 17.8. The maximum absolute atomic E-state index is 11.2. The van der Waals surface area contributed by atoms with Gasteiger partial charge in [-0.1, -0.05) is 12.2 Å². The van der Waals surface area contributed by atoms with Crippen LogP contribution >= 0.6 is 11.8 Å². The van der Waals surface area contributed by atoms with Crippen molar-refractivity contribution in [2.24, 2.45) is 0 Å². The molecule has 0 fully saturated rings. The number of amides is 1. The van der Waals surface area contributed by atoms with Crippen LogP contribution in [0.5, 0.6) is 0 Å². The van der Waals surface area contributed by atoms with E-state index in [2.05, 4.69) is 37.9 Å². The molecule has 8 nitrogen and oxygen atoms in total. The number of nitrogens with one attached hydrogen (secondary N) is 3. The molecule has 3 N–H and O–H groups in total. The zero-order valence-corrected chi connectivity index (χ0v) is 18.6. The predicted molar refractivity (Wildman–Crippen MR) is 124 cm³/mol. The van der Waals surface area contributed by atoms with E-state index in [4.69, 9.17) is 9.97 Å². The highest BCUT2D eigenvalue weighted by atomic mass is 32.2. The van der Waals surface area contributed by atoms with E-state index in [0.717, 1.165) is 58.8 Å². The van der Waals surface area contributed by atoms with Crippen molar-refractivity contribution in [1.82, 2.24) is 20.2 Å². The number of nitrogens with zero attached hydrogens (tertiary/aromatic N) is 4. The van der Waals surface area contributed by atoms with Gasteiger partial charge in [-0.25, -0.2) is 9.97 Å². The summed E-state index contributed by atoms with van der Waals surface area (Å²) in [6, 6.07) is 9.59. The molecular formula is C22H25N7OS. The molecule has 0 saturated carbocycles. The number of hydrogen-bond acceptors (Lipinski definition) is 7. The molecule has 0 saturated heterocycles. The smallest absolute Gasteiger partial charge is 0.221 e. The number of aryl methyl sites for hydroxylation is 1. The standard InChI is InChI=1S/C22H25N7OS/c1-14-13-19(28-27-14)24-20-15(2)21(29-11-5-4-6-12-29)26-22(25-20)31-18-9-7-17(8-10-18)23-16(3)30/h4-5,7-10,13H,6,11-12H2,1-3H3,(H,23,30)(H2,24,25,26,27,28). The summed E-state index contributed by atoms with van der Waals surface area (Å²) in [5, 5.41) is 14.0. The van der Waals surface area contributed by atoms with E-state index in [9.17, 15) is 4.79 Å². The van der Waals surface area contributed by atoms with Crippen LogP contribution in [0.4, 0.5) is 23.1 Å².